The molecule has 1 N–H and O–H groups in total. The maximum absolute atomic E-state index is 12.7. The van der Waals surface area contributed by atoms with Crippen LogP contribution in [0.5, 0.6) is 0 Å². The fourth-order valence-electron chi connectivity index (χ4n) is 3.01. The molecule has 8 nitrogen and oxygen atoms in total. The van der Waals surface area contributed by atoms with Crippen molar-refractivity contribution >= 4 is 23.5 Å². The van der Waals surface area contributed by atoms with Crippen LogP contribution in [0.1, 0.15) is 27.2 Å². The van der Waals surface area contributed by atoms with E-state index in [1.165, 1.54) is 10.6 Å². The number of aromatic nitrogens is 1. The number of pyridine rings is 1. The van der Waals surface area contributed by atoms with Gasteiger partial charge in [-0.1, -0.05) is 6.07 Å². The number of likely N-dealkylation sites (tertiary alicyclic amines) is 1. The van der Waals surface area contributed by atoms with Crippen LogP contribution in [0.25, 0.3) is 5.69 Å². The number of Topliss-reactive ketones (excluding diaryl/α,β-unsaturated/α-hetero) is 1. The summed E-state index contributed by atoms with van der Waals surface area (Å²) in [5, 5.41) is 2.72. The van der Waals surface area contributed by atoms with Crippen LogP contribution in [0.4, 0.5) is 10.5 Å². The first-order valence-electron chi connectivity index (χ1n) is 9.24. The van der Waals surface area contributed by atoms with E-state index in [1.54, 1.807) is 63.4 Å². The van der Waals surface area contributed by atoms with Crippen molar-refractivity contribution in [3.63, 3.8) is 0 Å². The van der Waals surface area contributed by atoms with Gasteiger partial charge in [0, 0.05) is 30.1 Å². The second-order valence-electron chi connectivity index (χ2n) is 7.81. The third-order valence-electron chi connectivity index (χ3n) is 4.31. The summed E-state index contributed by atoms with van der Waals surface area (Å²) in [5.41, 5.74) is 0.253. The molecule has 0 bridgehead atoms. The quantitative estimate of drug-likeness (QED) is 0.857. The second-order valence-corrected chi connectivity index (χ2v) is 7.81. The standard InChI is InChI=1S/C21H23N3O5/c1-21(2,3)29-20(28)24-13-16(25)12-17(24)19(27)22-14-7-9-15(10-8-14)23-11-5-4-6-18(23)26/h4-11,17H,12-13H2,1-3H3,(H,22,27)/t17-/m1/s1. The van der Waals surface area contributed by atoms with Gasteiger partial charge < -0.3 is 10.1 Å². The van der Waals surface area contributed by atoms with Crippen LogP contribution in [0.2, 0.25) is 0 Å². The fraction of sp³-hybridized carbons (Fsp3) is 0.333. The van der Waals surface area contributed by atoms with E-state index in [2.05, 4.69) is 5.32 Å². The second kappa shape index (κ2) is 7.90. The molecule has 152 valence electrons. The number of ether oxygens (including phenoxy) is 1. The van der Waals surface area contributed by atoms with Crippen molar-refractivity contribution in [1.29, 1.82) is 0 Å². The Morgan fingerprint density at radius 3 is 2.38 bits per heavy atom. The number of amides is 2. The van der Waals surface area contributed by atoms with E-state index in [4.69, 9.17) is 4.74 Å². The first-order chi connectivity index (χ1) is 13.6. The minimum atomic E-state index is -0.922. The van der Waals surface area contributed by atoms with E-state index in [9.17, 15) is 19.2 Å². The summed E-state index contributed by atoms with van der Waals surface area (Å²) in [6.07, 6.45) is 0.906. The smallest absolute Gasteiger partial charge is 0.411 e. The Hall–Kier alpha value is -3.42. The van der Waals surface area contributed by atoms with Crippen molar-refractivity contribution in [2.45, 2.75) is 38.8 Å². The fourth-order valence-corrected chi connectivity index (χ4v) is 3.01. The summed E-state index contributed by atoms with van der Waals surface area (Å²) in [4.78, 5) is 49.9. The molecule has 0 spiro atoms. The van der Waals surface area contributed by atoms with Crippen LogP contribution >= 0.6 is 0 Å². The molecule has 0 radical (unpaired) electrons. The predicted octanol–water partition coefficient (Wildman–Crippen LogP) is 2.35. The largest absolute Gasteiger partial charge is 0.444 e. The van der Waals surface area contributed by atoms with Gasteiger partial charge in [-0.2, -0.15) is 0 Å². The molecule has 0 unspecified atom stereocenters. The van der Waals surface area contributed by atoms with Crippen molar-refractivity contribution in [1.82, 2.24) is 9.47 Å². The molecule has 2 amide bonds. The molecule has 1 aromatic carbocycles. The van der Waals surface area contributed by atoms with E-state index >= 15 is 0 Å². The van der Waals surface area contributed by atoms with Crippen molar-refractivity contribution in [2.75, 3.05) is 11.9 Å². The van der Waals surface area contributed by atoms with Gasteiger partial charge in [0.1, 0.15) is 11.6 Å². The van der Waals surface area contributed by atoms with E-state index in [1.807, 2.05) is 0 Å². The molecule has 8 heteroatoms. The van der Waals surface area contributed by atoms with Crippen LogP contribution in [-0.4, -0.2) is 45.4 Å². The summed E-state index contributed by atoms with van der Waals surface area (Å²) in [7, 11) is 0. The van der Waals surface area contributed by atoms with Crippen LogP contribution in [0, 0.1) is 0 Å². The summed E-state index contributed by atoms with van der Waals surface area (Å²) in [5.74, 6) is -0.666. The Labute approximate surface area is 168 Å². The SMILES string of the molecule is CC(C)(C)OC(=O)N1CC(=O)C[C@@H]1C(=O)Nc1ccc(-n2ccccc2=O)cc1. The third kappa shape index (κ3) is 4.90. The number of nitrogens with one attached hydrogen (secondary N) is 1. The van der Waals surface area contributed by atoms with Crippen molar-refractivity contribution in [3.05, 3.63) is 59.0 Å². The monoisotopic (exact) mass is 397 g/mol. The van der Waals surface area contributed by atoms with Crippen LogP contribution in [0.3, 0.4) is 0 Å². The Morgan fingerprint density at radius 1 is 1.07 bits per heavy atom. The zero-order chi connectivity index (χ0) is 21.2. The summed E-state index contributed by atoms with van der Waals surface area (Å²) in [6.45, 7) is 5.01. The van der Waals surface area contributed by atoms with Gasteiger partial charge >= 0.3 is 6.09 Å². The molecule has 29 heavy (non-hydrogen) atoms. The lowest BCUT2D eigenvalue weighted by Gasteiger charge is -2.27. The molecule has 2 aromatic rings. The van der Waals surface area contributed by atoms with Gasteiger partial charge in [-0.05, 0) is 51.1 Å². The Bertz CT molecular complexity index is 988. The van der Waals surface area contributed by atoms with Crippen LogP contribution in [0.15, 0.2) is 53.5 Å². The number of ketones is 1. The highest BCUT2D eigenvalue weighted by Gasteiger charge is 2.40. The van der Waals surface area contributed by atoms with E-state index < -0.39 is 23.6 Å². The molecule has 1 fully saturated rings. The first kappa shape index (κ1) is 20.3. The molecule has 1 aliphatic rings. The molecule has 1 atom stereocenters. The van der Waals surface area contributed by atoms with E-state index in [0.717, 1.165) is 4.90 Å². The van der Waals surface area contributed by atoms with Gasteiger partial charge in [-0.25, -0.2) is 4.79 Å². The maximum atomic E-state index is 12.7. The molecule has 1 saturated heterocycles. The number of nitrogens with zero attached hydrogens (tertiary/aromatic N) is 2. The van der Waals surface area contributed by atoms with Gasteiger partial charge in [-0.15, -0.1) is 0 Å². The minimum Gasteiger partial charge on any atom is -0.444 e. The average Bonchev–Trinajstić information content (AvgIpc) is 3.04. The normalized spacial score (nSPS) is 16.6. The Balaban J connectivity index is 1.72. The minimum absolute atomic E-state index is 0.0530. The Kier molecular flexibility index (Phi) is 5.54. The maximum Gasteiger partial charge on any atom is 0.411 e. The molecule has 1 aromatic heterocycles. The summed E-state index contributed by atoms with van der Waals surface area (Å²) < 4.78 is 6.78. The van der Waals surface area contributed by atoms with E-state index in [0.29, 0.717) is 11.4 Å². The molecular formula is C21H23N3O5. The number of hydrogen-bond donors (Lipinski definition) is 1. The van der Waals surface area contributed by atoms with Gasteiger partial charge in [-0.3, -0.25) is 23.9 Å². The molecule has 3 rings (SSSR count). The highest BCUT2D eigenvalue weighted by Crippen LogP contribution is 2.21. The first-order valence-corrected chi connectivity index (χ1v) is 9.24. The lowest BCUT2D eigenvalue weighted by molar-refractivity contribution is -0.121. The summed E-state index contributed by atoms with van der Waals surface area (Å²) in [6, 6.07) is 10.6. The zero-order valence-corrected chi connectivity index (χ0v) is 16.5. The van der Waals surface area contributed by atoms with Gasteiger partial charge in [0.25, 0.3) is 5.56 Å². The van der Waals surface area contributed by atoms with Crippen molar-refractivity contribution in [3.8, 4) is 5.69 Å². The lowest BCUT2D eigenvalue weighted by atomic mass is 10.2. The predicted molar refractivity (Wildman–Crippen MR) is 107 cm³/mol. The number of benzene rings is 1. The summed E-state index contributed by atoms with van der Waals surface area (Å²) >= 11 is 0. The molecule has 0 saturated carbocycles. The number of rotatable bonds is 3. The van der Waals surface area contributed by atoms with Crippen molar-refractivity contribution in [2.24, 2.45) is 0 Å². The number of carbonyl (C=O) groups excluding carboxylic acids is 3. The lowest BCUT2D eigenvalue weighted by Crippen LogP contribution is -2.45. The average molecular weight is 397 g/mol. The number of anilines is 1. The third-order valence-corrected chi connectivity index (χ3v) is 4.31. The molecule has 2 heterocycles. The van der Waals surface area contributed by atoms with Crippen molar-refractivity contribution < 1.29 is 19.1 Å². The van der Waals surface area contributed by atoms with Crippen LogP contribution in [-0.2, 0) is 14.3 Å². The topological polar surface area (TPSA) is 97.7 Å². The van der Waals surface area contributed by atoms with E-state index in [-0.39, 0.29) is 24.3 Å². The molecule has 0 aliphatic carbocycles. The highest BCUT2D eigenvalue weighted by molar-refractivity contribution is 6.03. The number of hydrogen-bond acceptors (Lipinski definition) is 5. The van der Waals surface area contributed by atoms with Crippen LogP contribution < -0.4 is 10.9 Å². The number of carbonyl (C=O) groups is 3. The zero-order valence-electron chi connectivity index (χ0n) is 16.5. The highest BCUT2D eigenvalue weighted by atomic mass is 16.6. The van der Waals surface area contributed by atoms with Gasteiger partial charge in [0.05, 0.1) is 6.54 Å². The Morgan fingerprint density at radius 2 is 1.76 bits per heavy atom. The van der Waals surface area contributed by atoms with Gasteiger partial charge in [0.15, 0.2) is 5.78 Å². The molecule has 1 aliphatic heterocycles. The van der Waals surface area contributed by atoms with Gasteiger partial charge in [0.2, 0.25) is 5.91 Å². The molecular weight excluding hydrogens is 374 g/mol.